The van der Waals surface area contributed by atoms with Crippen LogP contribution in [0.5, 0.6) is 0 Å². The largest absolute Gasteiger partial charge is 0.309 e. The number of nitrogens with zero attached hydrogens (tertiary/aromatic N) is 3. The fraction of sp³-hybridized carbons (Fsp3) is 0.636. The zero-order chi connectivity index (χ0) is 14.0. The molecule has 0 spiro atoms. The SMILES string of the molecule is C=C(Cl)CSc1nnc(CC2CCS(=O)(=O)C2)n1C. The van der Waals surface area contributed by atoms with Crippen molar-refractivity contribution in [3.63, 3.8) is 0 Å². The van der Waals surface area contributed by atoms with E-state index in [9.17, 15) is 8.42 Å². The number of rotatable bonds is 5. The molecule has 2 rings (SSSR count). The Labute approximate surface area is 122 Å². The van der Waals surface area contributed by atoms with Crippen molar-refractivity contribution >= 4 is 33.2 Å². The summed E-state index contributed by atoms with van der Waals surface area (Å²) in [5.74, 6) is 2.13. The Balaban J connectivity index is 2.00. The van der Waals surface area contributed by atoms with Crippen molar-refractivity contribution in [3.05, 3.63) is 17.4 Å². The van der Waals surface area contributed by atoms with Gasteiger partial charge in [-0.2, -0.15) is 0 Å². The summed E-state index contributed by atoms with van der Waals surface area (Å²) in [4.78, 5) is 0. The average Bonchev–Trinajstić information content (AvgIpc) is 2.82. The third-order valence-corrected chi connectivity index (χ3v) is 6.32. The van der Waals surface area contributed by atoms with Gasteiger partial charge in [0.1, 0.15) is 5.82 Å². The van der Waals surface area contributed by atoms with Gasteiger partial charge in [0.15, 0.2) is 15.0 Å². The highest BCUT2D eigenvalue weighted by molar-refractivity contribution is 7.99. The van der Waals surface area contributed by atoms with Crippen LogP contribution in [-0.4, -0.2) is 40.4 Å². The lowest BCUT2D eigenvalue weighted by Gasteiger charge is -2.07. The minimum atomic E-state index is -2.83. The molecule has 1 aliphatic heterocycles. The molecule has 106 valence electrons. The Morgan fingerprint density at radius 1 is 1.58 bits per heavy atom. The smallest absolute Gasteiger partial charge is 0.191 e. The standard InChI is InChI=1S/C11H16ClN3O2S2/c1-8(12)6-18-11-14-13-10(15(11)2)5-9-3-4-19(16,17)7-9/h9H,1,3-7H2,2H3. The van der Waals surface area contributed by atoms with Crippen LogP contribution < -0.4 is 0 Å². The summed E-state index contributed by atoms with van der Waals surface area (Å²) in [5.41, 5.74) is 0. The Morgan fingerprint density at radius 3 is 2.89 bits per heavy atom. The Kier molecular flexibility index (Phi) is 4.58. The lowest BCUT2D eigenvalue weighted by molar-refractivity contribution is 0.552. The second-order valence-electron chi connectivity index (χ2n) is 4.74. The van der Waals surface area contributed by atoms with E-state index in [4.69, 9.17) is 11.6 Å². The molecule has 2 heterocycles. The fourth-order valence-electron chi connectivity index (χ4n) is 2.08. The Hall–Kier alpha value is -0.530. The van der Waals surface area contributed by atoms with Gasteiger partial charge in [0.05, 0.1) is 11.5 Å². The van der Waals surface area contributed by atoms with Crippen LogP contribution in [0, 0.1) is 5.92 Å². The monoisotopic (exact) mass is 321 g/mol. The molecule has 1 aromatic heterocycles. The zero-order valence-electron chi connectivity index (χ0n) is 10.7. The summed E-state index contributed by atoms with van der Waals surface area (Å²) >= 11 is 7.19. The van der Waals surface area contributed by atoms with E-state index in [1.54, 1.807) is 0 Å². The Morgan fingerprint density at radius 2 is 2.32 bits per heavy atom. The van der Waals surface area contributed by atoms with Gasteiger partial charge in [-0.05, 0) is 12.3 Å². The van der Waals surface area contributed by atoms with Gasteiger partial charge in [-0.1, -0.05) is 29.9 Å². The number of thioether (sulfide) groups is 1. The van der Waals surface area contributed by atoms with E-state index in [0.29, 0.717) is 23.0 Å². The van der Waals surface area contributed by atoms with Crippen LogP contribution in [0.2, 0.25) is 0 Å². The molecule has 0 radical (unpaired) electrons. The first kappa shape index (κ1) is 14.9. The van der Waals surface area contributed by atoms with Crippen molar-refractivity contribution in [1.82, 2.24) is 14.8 Å². The van der Waals surface area contributed by atoms with Gasteiger partial charge in [0.2, 0.25) is 0 Å². The van der Waals surface area contributed by atoms with E-state index in [2.05, 4.69) is 16.8 Å². The van der Waals surface area contributed by atoms with Crippen LogP contribution >= 0.6 is 23.4 Å². The maximum Gasteiger partial charge on any atom is 0.191 e. The molecule has 0 N–H and O–H groups in total. The summed E-state index contributed by atoms with van der Waals surface area (Å²) in [6, 6.07) is 0. The first-order chi connectivity index (χ1) is 8.87. The van der Waals surface area contributed by atoms with Crippen LogP contribution in [0.15, 0.2) is 16.8 Å². The zero-order valence-corrected chi connectivity index (χ0v) is 13.1. The average molecular weight is 322 g/mol. The molecule has 0 amide bonds. The molecule has 19 heavy (non-hydrogen) atoms. The Bertz CT molecular complexity index is 583. The first-order valence-electron chi connectivity index (χ1n) is 5.92. The van der Waals surface area contributed by atoms with E-state index < -0.39 is 9.84 Å². The van der Waals surface area contributed by atoms with Gasteiger partial charge in [-0.25, -0.2) is 8.42 Å². The molecular weight excluding hydrogens is 306 g/mol. The fourth-order valence-corrected chi connectivity index (χ4v) is 4.79. The maximum absolute atomic E-state index is 11.4. The highest BCUT2D eigenvalue weighted by Crippen LogP contribution is 2.24. The molecule has 8 heteroatoms. The van der Waals surface area contributed by atoms with Gasteiger partial charge in [-0.3, -0.25) is 0 Å². The van der Waals surface area contributed by atoms with Gasteiger partial charge in [0.25, 0.3) is 0 Å². The van der Waals surface area contributed by atoms with Crippen LogP contribution in [-0.2, 0) is 23.3 Å². The third kappa shape index (κ3) is 3.97. The number of aromatic nitrogens is 3. The summed E-state index contributed by atoms with van der Waals surface area (Å²) in [6.45, 7) is 3.63. The molecule has 1 aromatic rings. The van der Waals surface area contributed by atoms with Crippen molar-refractivity contribution in [2.75, 3.05) is 17.3 Å². The molecule has 1 atom stereocenters. The highest BCUT2D eigenvalue weighted by Gasteiger charge is 2.29. The number of hydrogen-bond donors (Lipinski definition) is 0. The molecule has 0 aromatic carbocycles. The lowest BCUT2D eigenvalue weighted by atomic mass is 10.1. The van der Waals surface area contributed by atoms with Crippen LogP contribution in [0.25, 0.3) is 0 Å². The van der Waals surface area contributed by atoms with E-state index in [1.165, 1.54) is 11.8 Å². The summed E-state index contributed by atoms with van der Waals surface area (Å²) in [6.07, 6.45) is 1.38. The van der Waals surface area contributed by atoms with E-state index in [0.717, 1.165) is 17.4 Å². The predicted octanol–water partition coefficient (Wildman–Crippen LogP) is 1.64. The van der Waals surface area contributed by atoms with Crippen molar-refractivity contribution < 1.29 is 8.42 Å². The summed E-state index contributed by atoms with van der Waals surface area (Å²) in [7, 11) is -0.948. The van der Waals surface area contributed by atoms with E-state index in [-0.39, 0.29) is 11.7 Å². The third-order valence-electron chi connectivity index (χ3n) is 3.08. The van der Waals surface area contributed by atoms with Crippen molar-refractivity contribution in [3.8, 4) is 0 Å². The highest BCUT2D eigenvalue weighted by atomic mass is 35.5. The lowest BCUT2D eigenvalue weighted by Crippen LogP contribution is -2.11. The van der Waals surface area contributed by atoms with Gasteiger partial charge >= 0.3 is 0 Å². The van der Waals surface area contributed by atoms with Gasteiger partial charge in [0, 0.05) is 24.3 Å². The second kappa shape index (κ2) is 5.85. The first-order valence-corrected chi connectivity index (χ1v) is 9.10. The molecule has 0 aliphatic carbocycles. The number of halogens is 1. The minimum Gasteiger partial charge on any atom is -0.309 e. The molecule has 1 fully saturated rings. The van der Waals surface area contributed by atoms with Crippen molar-refractivity contribution in [2.24, 2.45) is 13.0 Å². The normalized spacial score (nSPS) is 21.7. The van der Waals surface area contributed by atoms with Crippen molar-refractivity contribution in [1.29, 1.82) is 0 Å². The molecule has 0 saturated carbocycles. The van der Waals surface area contributed by atoms with Crippen LogP contribution in [0.4, 0.5) is 0 Å². The quantitative estimate of drug-likeness (QED) is 0.771. The molecular formula is C11H16ClN3O2S2. The molecule has 1 unspecified atom stereocenters. The molecule has 0 bridgehead atoms. The predicted molar refractivity (Wildman–Crippen MR) is 77.2 cm³/mol. The maximum atomic E-state index is 11.4. The summed E-state index contributed by atoms with van der Waals surface area (Å²) < 4.78 is 24.8. The van der Waals surface area contributed by atoms with E-state index in [1.807, 2.05) is 11.6 Å². The number of sulfone groups is 1. The number of hydrogen-bond acceptors (Lipinski definition) is 5. The molecule has 5 nitrogen and oxygen atoms in total. The van der Waals surface area contributed by atoms with E-state index >= 15 is 0 Å². The minimum absolute atomic E-state index is 0.161. The topological polar surface area (TPSA) is 64.8 Å². The van der Waals surface area contributed by atoms with Crippen molar-refractivity contribution in [2.45, 2.75) is 18.0 Å². The second-order valence-corrected chi connectivity index (χ2v) is 8.44. The summed E-state index contributed by atoms with van der Waals surface area (Å²) in [5, 5.41) is 9.56. The van der Waals surface area contributed by atoms with Gasteiger partial charge in [-0.15, -0.1) is 10.2 Å². The molecule has 1 saturated heterocycles. The van der Waals surface area contributed by atoms with Crippen LogP contribution in [0.1, 0.15) is 12.2 Å². The molecule has 1 aliphatic rings. The van der Waals surface area contributed by atoms with Gasteiger partial charge < -0.3 is 4.57 Å². The van der Waals surface area contributed by atoms with Crippen LogP contribution in [0.3, 0.4) is 0 Å².